The van der Waals surface area contributed by atoms with Gasteiger partial charge in [-0.3, -0.25) is 0 Å². The summed E-state index contributed by atoms with van der Waals surface area (Å²) in [6.45, 7) is 7.48. The van der Waals surface area contributed by atoms with Crippen LogP contribution in [0, 0.1) is 0 Å². The quantitative estimate of drug-likeness (QED) is 0.812. The number of anilines is 1. The van der Waals surface area contributed by atoms with Gasteiger partial charge in [0, 0.05) is 18.9 Å². The summed E-state index contributed by atoms with van der Waals surface area (Å²) in [5.74, 6) is 0.887. The maximum Gasteiger partial charge on any atom is 0.164 e. The Kier molecular flexibility index (Phi) is 6.92. The van der Waals surface area contributed by atoms with Crippen LogP contribution in [0.3, 0.4) is 0 Å². The van der Waals surface area contributed by atoms with Crippen LogP contribution in [-0.2, 0) is 0 Å². The van der Waals surface area contributed by atoms with E-state index < -0.39 is 0 Å². The zero-order chi connectivity index (χ0) is 16.7. The molecule has 0 aliphatic heterocycles. The average molecular weight is 305 g/mol. The molecular weight excluding hydrogens is 281 g/mol. The fraction of sp³-hybridized carbons (Fsp3) is 0.412. The Morgan fingerprint density at radius 1 is 1.50 bits per heavy atom. The smallest absolute Gasteiger partial charge is 0.164 e. The number of nitrogen functional groups attached to an aromatic ring is 1. The minimum Gasteiger partial charge on any atom is -0.400 e. The van der Waals surface area contributed by atoms with Crippen molar-refractivity contribution in [2.45, 2.75) is 39.0 Å². The molecule has 120 valence electrons. The zero-order valence-electron chi connectivity index (χ0n) is 13.4. The summed E-state index contributed by atoms with van der Waals surface area (Å²) in [5, 5.41) is 7.00. The molecule has 22 heavy (non-hydrogen) atoms. The number of nitrogens with zero attached hydrogens (tertiary/aromatic N) is 2. The number of halogens is 1. The van der Waals surface area contributed by atoms with Crippen LogP contribution in [0.4, 0.5) is 10.2 Å². The van der Waals surface area contributed by atoms with E-state index in [2.05, 4.69) is 16.5 Å². The molecule has 5 heteroatoms. The van der Waals surface area contributed by atoms with Gasteiger partial charge in [-0.2, -0.15) is 0 Å². The van der Waals surface area contributed by atoms with Crippen molar-refractivity contribution in [1.82, 2.24) is 9.97 Å². The highest BCUT2D eigenvalue weighted by Gasteiger charge is 2.27. The topological polar surface area (TPSA) is 72.0 Å². The van der Waals surface area contributed by atoms with E-state index >= 15 is 0 Å². The summed E-state index contributed by atoms with van der Waals surface area (Å²) in [6.07, 6.45) is 7.80. The van der Waals surface area contributed by atoms with E-state index in [0.717, 1.165) is 37.5 Å². The van der Waals surface area contributed by atoms with E-state index in [0.29, 0.717) is 23.1 Å². The lowest BCUT2D eigenvalue weighted by molar-refractivity contribution is 0.399. The Balaban J connectivity index is 0.00000116. The minimum atomic E-state index is -0.363. The third kappa shape index (κ3) is 4.49. The SMILES string of the molecule is C=C(/C=C(\C(F)=C/C)c1ncc(C2CC2)c(N)n1)CC.CO. The van der Waals surface area contributed by atoms with Crippen molar-refractivity contribution < 1.29 is 9.50 Å². The Morgan fingerprint density at radius 2 is 2.14 bits per heavy atom. The summed E-state index contributed by atoms with van der Waals surface area (Å²) >= 11 is 0. The first-order chi connectivity index (χ1) is 10.6. The second-order valence-corrected chi connectivity index (χ2v) is 5.01. The molecule has 0 radical (unpaired) electrons. The normalized spacial score (nSPS) is 15.1. The third-order valence-electron chi connectivity index (χ3n) is 3.42. The van der Waals surface area contributed by atoms with Crippen molar-refractivity contribution in [3.8, 4) is 0 Å². The molecule has 1 aliphatic rings. The van der Waals surface area contributed by atoms with Gasteiger partial charge in [-0.25, -0.2) is 14.4 Å². The van der Waals surface area contributed by atoms with Crippen LogP contribution in [0.2, 0.25) is 0 Å². The fourth-order valence-corrected chi connectivity index (χ4v) is 1.94. The Hall–Kier alpha value is -2.01. The van der Waals surface area contributed by atoms with E-state index in [1.807, 2.05) is 6.92 Å². The molecule has 1 fully saturated rings. The third-order valence-corrected chi connectivity index (χ3v) is 3.42. The van der Waals surface area contributed by atoms with Gasteiger partial charge in [0.05, 0.1) is 5.57 Å². The zero-order valence-corrected chi connectivity index (χ0v) is 13.4. The van der Waals surface area contributed by atoms with Gasteiger partial charge in [0.2, 0.25) is 0 Å². The average Bonchev–Trinajstić information content (AvgIpc) is 3.38. The number of allylic oxidation sites excluding steroid dienone is 5. The molecule has 0 atom stereocenters. The van der Waals surface area contributed by atoms with Crippen molar-refractivity contribution >= 4 is 11.4 Å². The second-order valence-electron chi connectivity index (χ2n) is 5.01. The van der Waals surface area contributed by atoms with Crippen molar-refractivity contribution in [1.29, 1.82) is 0 Å². The molecule has 1 aliphatic carbocycles. The van der Waals surface area contributed by atoms with Gasteiger partial charge < -0.3 is 10.8 Å². The van der Waals surface area contributed by atoms with Crippen LogP contribution in [0.25, 0.3) is 5.57 Å². The molecule has 2 rings (SSSR count). The van der Waals surface area contributed by atoms with E-state index in [1.54, 1.807) is 19.2 Å². The summed E-state index contributed by atoms with van der Waals surface area (Å²) in [7, 11) is 1.00. The van der Waals surface area contributed by atoms with Crippen molar-refractivity contribution in [2.75, 3.05) is 12.8 Å². The minimum absolute atomic E-state index is 0.317. The Bertz CT molecular complexity index is 590. The lowest BCUT2D eigenvalue weighted by atomic mass is 10.1. The molecule has 0 saturated heterocycles. The first-order valence-electron chi connectivity index (χ1n) is 7.36. The second kappa shape index (κ2) is 8.44. The van der Waals surface area contributed by atoms with Crippen LogP contribution < -0.4 is 5.73 Å². The monoisotopic (exact) mass is 305 g/mol. The summed E-state index contributed by atoms with van der Waals surface area (Å²) in [4.78, 5) is 8.54. The first-order valence-corrected chi connectivity index (χ1v) is 7.36. The van der Waals surface area contributed by atoms with Gasteiger partial charge in [-0.05, 0) is 38.2 Å². The maximum absolute atomic E-state index is 14.0. The summed E-state index contributed by atoms with van der Waals surface area (Å²) < 4.78 is 14.0. The van der Waals surface area contributed by atoms with Crippen molar-refractivity contribution in [2.24, 2.45) is 0 Å². The van der Waals surface area contributed by atoms with Crippen molar-refractivity contribution in [3.05, 3.63) is 47.7 Å². The lowest BCUT2D eigenvalue weighted by Gasteiger charge is -2.08. The Labute approximate surface area is 131 Å². The highest BCUT2D eigenvalue weighted by Crippen LogP contribution is 2.42. The van der Waals surface area contributed by atoms with Gasteiger partial charge in [0.15, 0.2) is 5.82 Å². The molecular formula is C17H24FN3O. The molecule has 0 aromatic carbocycles. The molecule has 0 spiro atoms. The first kappa shape index (κ1) is 18.0. The van der Waals surface area contributed by atoms with Gasteiger partial charge in [-0.15, -0.1) is 0 Å². The number of aliphatic hydroxyl groups is 1. The molecule has 0 amide bonds. The largest absolute Gasteiger partial charge is 0.400 e. The standard InChI is InChI=1S/C16H20FN3.CH4O/c1-4-10(3)8-12(14(17)5-2)16-19-9-13(11-6-7-11)15(18)20-16;1-2/h5,8-9,11H,3-4,6-7H2,1-2H3,(H2,18,19,20);2H,1H3/b12-8+,14-5+;. The summed E-state index contributed by atoms with van der Waals surface area (Å²) in [6, 6.07) is 0. The molecule has 0 bridgehead atoms. The molecule has 1 saturated carbocycles. The van der Waals surface area contributed by atoms with E-state index in [-0.39, 0.29) is 5.83 Å². The van der Waals surface area contributed by atoms with Gasteiger partial charge in [-0.1, -0.05) is 25.2 Å². The molecule has 4 nitrogen and oxygen atoms in total. The Morgan fingerprint density at radius 3 is 2.59 bits per heavy atom. The molecule has 1 heterocycles. The van der Waals surface area contributed by atoms with Gasteiger partial charge in [0.1, 0.15) is 11.6 Å². The number of aromatic nitrogens is 2. The fourth-order valence-electron chi connectivity index (χ4n) is 1.94. The van der Waals surface area contributed by atoms with E-state index in [4.69, 9.17) is 10.8 Å². The highest BCUT2D eigenvalue weighted by molar-refractivity contribution is 5.75. The van der Waals surface area contributed by atoms with E-state index in [1.165, 1.54) is 6.08 Å². The van der Waals surface area contributed by atoms with Crippen molar-refractivity contribution in [3.63, 3.8) is 0 Å². The molecule has 3 N–H and O–H groups in total. The molecule has 0 unspecified atom stereocenters. The molecule has 1 aromatic rings. The predicted molar refractivity (Wildman–Crippen MR) is 88.8 cm³/mol. The van der Waals surface area contributed by atoms with Gasteiger partial charge >= 0.3 is 0 Å². The number of hydrogen-bond donors (Lipinski definition) is 2. The van der Waals surface area contributed by atoms with E-state index in [9.17, 15) is 4.39 Å². The van der Waals surface area contributed by atoms with Crippen LogP contribution in [0.15, 0.2) is 36.3 Å². The maximum atomic E-state index is 14.0. The number of nitrogens with two attached hydrogens (primary N) is 1. The predicted octanol–water partition coefficient (Wildman–Crippen LogP) is 3.77. The number of aliphatic hydroxyl groups excluding tert-OH is 1. The van der Waals surface area contributed by atoms with Gasteiger partial charge in [0.25, 0.3) is 0 Å². The highest BCUT2D eigenvalue weighted by atomic mass is 19.1. The van der Waals surface area contributed by atoms with Crippen LogP contribution in [-0.4, -0.2) is 22.2 Å². The van der Waals surface area contributed by atoms with Crippen LogP contribution >= 0.6 is 0 Å². The van der Waals surface area contributed by atoms with Crippen LogP contribution in [0.5, 0.6) is 0 Å². The lowest BCUT2D eigenvalue weighted by Crippen LogP contribution is -2.03. The van der Waals surface area contributed by atoms with Crippen LogP contribution in [0.1, 0.15) is 50.4 Å². The molecule has 1 aromatic heterocycles. The summed E-state index contributed by atoms with van der Waals surface area (Å²) in [5.41, 5.74) is 8.10. The number of rotatable bonds is 5. The number of hydrogen-bond acceptors (Lipinski definition) is 4.